The van der Waals surface area contributed by atoms with E-state index in [2.05, 4.69) is 48.0 Å². The Hall–Kier alpha value is -3.52. The first kappa shape index (κ1) is 20.7. The van der Waals surface area contributed by atoms with Crippen molar-refractivity contribution in [2.75, 3.05) is 12.8 Å². The molecule has 0 bridgehead atoms. The monoisotopic (exact) mass is 418 g/mol. The number of likely N-dealkylation sites (N-methyl/N-ethyl adjacent to an activating group) is 1. The smallest absolute Gasteiger partial charge is 0.274 e. The second-order valence-corrected chi connectivity index (χ2v) is 8.15. The minimum atomic E-state index is -0.725. The summed E-state index contributed by atoms with van der Waals surface area (Å²) in [4.78, 5) is 14.5. The number of nitrogen functional groups attached to an aromatic ring is 1. The van der Waals surface area contributed by atoms with Gasteiger partial charge in [0.25, 0.3) is 5.89 Å². The molecule has 0 radical (unpaired) electrons. The van der Waals surface area contributed by atoms with E-state index in [-0.39, 0.29) is 11.9 Å². The Balaban J connectivity index is 1.68. The van der Waals surface area contributed by atoms with Gasteiger partial charge in [-0.15, -0.1) is 0 Å². The van der Waals surface area contributed by atoms with Gasteiger partial charge in [-0.2, -0.15) is 4.98 Å². The van der Waals surface area contributed by atoms with Gasteiger partial charge in [0.05, 0.1) is 5.41 Å². The molecule has 2 unspecified atom stereocenters. The zero-order chi connectivity index (χ0) is 22.2. The van der Waals surface area contributed by atoms with Gasteiger partial charge in [-0.25, -0.2) is 9.97 Å². The molecule has 3 heterocycles. The predicted molar refractivity (Wildman–Crippen MR) is 118 cm³/mol. The van der Waals surface area contributed by atoms with Crippen LogP contribution in [0.4, 0.5) is 5.95 Å². The highest BCUT2D eigenvalue weighted by Crippen LogP contribution is 2.38. The van der Waals surface area contributed by atoms with E-state index in [9.17, 15) is 5.11 Å². The number of hydrogen-bond acceptors (Lipinski definition) is 8. The van der Waals surface area contributed by atoms with Crippen molar-refractivity contribution in [2.24, 2.45) is 5.92 Å². The van der Waals surface area contributed by atoms with Crippen LogP contribution in [-0.4, -0.2) is 43.4 Å². The van der Waals surface area contributed by atoms with Crippen LogP contribution in [0, 0.1) is 5.92 Å². The number of aromatic nitrogens is 4. The highest BCUT2D eigenvalue weighted by Gasteiger charge is 2.38. The van der Waals surface area contributed by atoms with Crippen molar-refractivity contribution in [3.8, 4) is 11.1 Å². The fourth-order valence-corrected chi connectivity index (χ4v) is 3.61. The lowest BCUT2D eigenvalue weighted by Crippen LogP contribution is -2.32. The second-order valence-electron chi connectivity index (χ2n) is 8.15. The molecule has 8 nitrogen and oxygen atoms in total. The van der Waals surface area contributed by atoms with E-state index in [0.717, 1.165) is 16.7 Å². The van der Waals surface area contributed by atoms with Crippen molar-refractivity contribution in [3.63, 3.8) is 0 Å². The Kier molecular flexibility index (Phi) is 5.32. The van der Waals surface area contributed by atoms with Crippen molar-refractivity contribution in [1.29, 1.82) is 0 Å². The number of anilines is 1. The zero-order valence-electron chi connectivity index (χ0n) is 18.0. The maximum atomic E-state index is 10.1. The van der Waals surface area contributed by atoms with Crippen LogP contribution in [0.3, 0.4) is 0 Å². The molecule has 0 spiro atoms. The lowest BCUT2D eigenvalue weighted by Gasteiger charge is -2.31. The fourth-order valence-electron chi connectivity index (χ4n) is 3.61. The normalized spacial score (nSPS) is 18.2. The third-order valence-electron chi connectivity index (χ3n) is 6.07. The van der Waals surface area contributed by atoms with Gasteiger partial charge in [-0.3, -0.25) is 0 Å². The Morgan fingerprint density at radius 1 is 1.13 bits per heavy atom. The summed E-state index contributed by atoms with van der Waals surface area (Å²) in [6.07, 6.45) is 8.01. The van der Waals surface area contributed by atoms with E-state index in [1.165, 1.54) is 0 Å². The van der Waals surface area contributed by atoms with Crippen LogP contribution in [0.2, 0.25) is 0 Å². The minimum absolute atomic E-state index is 0.201. The highest BCUT2D eigenvalue weighted by atomic mass is 16.5. The van der Waals surface area contributed by atoms with Gasteiger partial charge in [0, 0.05) is 25.0 Å². The van der Waals surface area contributed by atoms with Gasteiger partial charge in [-0.1, -0.05) is 49.3 Å². The van der Waals surface area contributed by atoms with E-state index >= 15 is 0 Å². The summed E-state index contributed by atoms with van der Waals surface area (Å²) < 4.78 is 5.60. The van der Waals surface area contributed by atoms with Crippen LogP contribution in [0.5, 0.6) is 0 Å². The van der Waals surface area contributed by atoms with Crippen molar-refractivity contribution >= 4 is 11.6 Å². The molecule has 0 fully saturated rings. The summed E-state index contributed by atoms with van der Waals surface area (Å²) in [7, 11) is 1.78. The van der Waals surface area contributed by atoms with Crippen LogP contribution < -0.4 is 5.73 Å². The van der Waals surface area contributed by atoms with Crippen LogP contribution >= 0.6 is 0 Å². The summed E-state index contributed by atoms with van der Waals surface area (Å²) in [6, 6.07) is 8.20. The predicted octanol–water partition coefficient (Wildman–Crippen LogP) is 3.23. The molecule has 0 aliphatic carbocycles. The first-order valence-electron chi connectivity index (χ1n) is 10.1. The quantitative estimate of drug-likeness (QED) is 0.649. The standard InChI is InChI=1S/C23H26N6O2/c1-14(2)23(3,17-10-8-15(9-11-17)16-12-25-22(24)26-13-16)21-27-20(31-28-21)18-6-5-7-19(30)29(18)4/h5-14,19,30H,1-4H3,(H2,24,25,26). The van der Waals surface area contributed by atoms with Gasteiger partial charge in [-0.05, 0) is 36.1 Å². The third-order valence-corrected chi connectivity index (χ3v) is 6.07. The summed E-state index contributed by atoms with van der Waals surface area (Å²) in [5, 5.41) is 14.4. The number of aliphatic hydroxyl groups excluding tert-OH is 1. The second kappa shape index (κ2) is 7.96. The lowest BCUT2D eigenvalue weighted by molar-refractivity contribution is 0.103. The molecular weight excluding hydrogens is 392 g/mol. The Morgan fingerprint density at radius 2 is 1.81 bits per heavy atom. The molecule has 160 valence electrons. The van der Waals surface area contributed by atoms with E-state index in [1.807, 2.05) is 18.2 Å². The zero-order valence-corrected chi connectivity index (χ0v) is 18.0. The van der Waals surface area contributed by atoms with Crippen LogP contribution in [-0.2, 0) is 5.41 Å². The molecular formula is C23H26N6O2. The average Bonchev–Trinajstić information content (AvgIpc) is 3.26. The number of rotatable bonds is 5. The molecule has 0 saturated heterocycles. The van der Waals surface area contributed by atoms with Crippen molar-refractivity contribution in [3.05, 3.63) is 72.2 Å². The topological polar surface area (TPSA) is 114 Å². The first-order chi connectivity index (χ1) is 14.8. The molecule has 0 saturated carbocycles. The third kappa shape index (κ3) is 3.70. The number of benzene rings is 1. The van der Waals surface area contributed by atoms with Gasteiger partial charge < -0.3 is 20.3 Å². The average molecular weight is 419 g/mol. The molecule has 31 heavy (non-hydrogen) atoms. The summed E-state index contributed by atoms with van der Waals surface area (Å²) in [6.45, 7) is 6.38. The SMILES string of the molecule is CC(C)C(C)(c1ccc(-c2cnc(N)nc2)cc1)c1noc(C2=CC=CC(O)N2C)n1. The number of nitrogens with zero attached hydrogens (tertiary/aromatic N) is 5. The summed E-state index contributed by atoms with van der Waals surface area (Å²) in [5.41, 5.74) is 8.76. The summed E-state index contributed by atoms with van der Waals surface area (Å²) in [5.74, 6) is 1.43. The Morgan fingerprint density at radius 3 is 2.45 bits per heavy atom. The first-order valence-corrected chi connectivity index (χ1v) is 10.1. The van der Waals surface area contributed by atoms with Crippen molar-refractivity contribution in [1.82, 2.24) is 25.0 Å². The molecule has 1 aliphatic heterocycles. The number of aliphatic hydroxyl groups is 1. The van der Waals surface area contributed by atoms with E-state index < -0.39 is 11.6 Å². The largest absolute Gasteiger partial charge is 0.370 e. The molecule has 1 aromatic carbocycles. The molecule has 4 rings (SSSR count). The maximum absolute atomic E-state index is 10.1. The Labute approximate surface area is 181 Å². The molecule has 3 aromatic rings. The van der Waals surface area contributed by atoms with Gasteiger partial charge in [0.2, 0.25) is 5.95 Å². The molecule has 2 atom stereocenters. The van der Waals surface area contributed by atoms with Crippen LogP contribution in [0.15, 0.2) is 59.4 Å². The minimum Gasteiger partial charge on any atom is -0.370 e. The van der Waals surface area contributed by atoms with E-state index in [4.69, 9.17) is 15.2 Å². The fraction of sp³-hybridized carbons (Fsp3) is 0.304. The van der Waals surface area contributed by atoms with Crippen molar-refractivity contribution < 1.29 is 9.63 Å². The van der Waals surface area contributed by atoms with Crippen molar-refractivity contribution in [2.45, 2.75) is 32.4 Å². The maximum Gasteiger partial charge on any atom is 0.274 e. The van der Waals surface area contributed by atoms with E-state index in [0.29, 0.717) is 17.4 Å². The van der Waals surface area contributed by atoms with Gasteiger partial charge in [0.1, 0.15) is 11.9 Å². The lowest BCUT2D eigenvalue weighted by atomic mass is 9.72. The molecule has 8 heteroatoms. The number of hydrogen-bond donors (Lipinski definition) is 2. The molecule has 2 aromatic heterocycles. The summed E-state index contributed by atoms with van der Waals surface area (Å²) >= 11 is 0. The molecule has 3 N–H and O–H groups in total. The molecule has 1 aliphatic rings. The van der Waals surface area contributed by atoms with Crippen LogP contribution in [0.25, 0.3) is 16.8 Å². The van der Waals surface area contributed by atoms with E-state index in [1.54, 1.807) is 36.5 Å². The van der Waals surface area contributed by atoms with Gasteiger partial charge >= 0.3 is 0 Å². The molecule has 0 amide bonds. The highest BCUT2D eigenvalue weighted by molar-refractivity contribution is 5.63. The van der Waals surface area contributed by atoms with Crippen LogP contribution in [0.1, 0.15) is 38.0 Å². The Bertz CT molecular complexity index is 1120. The number of allylic oxidation sites excluding steroid dienone is 2. The number of nitrogens with two attached hydrogens (primary N) is 1. The van der Waals surface area contributed by atoms with Gasteiger partial charge in [0.15, 0.2) is 5.82 Å².